The van der Waals surface area contributed by atoms with Crippen LogP contribution < -0.4 is 20.5 Å². The zero-order valence-corrected chi connectivity index (χ0v) is 14.7. The van der Waals surface area contributed by atoms with Gasteiger partial charge in [0.15, 0.2) is 17.5 Å². The molecule has 1 saturated heterocycles. The third-order valence-electron chi connectivity index (χ3n) is 5.53. The lowest BCUT2D eigenvalue weighted by Gasteiger charge is -2.45. The van der Waals surface area contributed by atoms with E-state index < -0.39 is 0 Å². The van der Waals surface area contributed by atoms with E-state index in [-0.39, 0.29) is 0 Å². The molecule has 1 aliphatic carbocycles. The number of hydrogen-bond donors (Lipinski definition) is 2. The highest BCUT2D eigenvalue weighted by Gasteiger charge is 2.35. The topological polar surface area (TPSA) is 72.1 Å². The first-order valence-electron chi connectivity index (χ1n) is 9.53. The number of likely N-dealkylation sites (tertiary alicyclic amines) is 1. The molecule has 2 atom stereocenters. The van der Waals surface area contributed by atoms with Crippen molar-refractivity contribution < 1.29 is 9.47 Å². The van der Waals surface area contributed by atoms with Gasteiger partial charge in [0.25, 0.3) is 0 Å². The molecule has 0 bridgehead atoms. The van der Waals surface area contributed by atoms with Crippen molar-refractivity contribution in [2.24, 2.45) is 16.6 Å². The number of aliphatic imine (C=N–C) groups is 1. The molecule has 136 valence electrons. The fourth-order valence-corrected chi connectivity index (χ4v) is 4.36. The molecular weight excluding hydrogens is 316 g/mol. The summed E-state index contributed by atoms with van der Waals surface area (Å²) in [6.07, 6.45) is 7.93. The Hall–Kier alpha value is -1.95. The summed E-state index contributed by atoms with van der Waals surface area (Å²) in [6.45, 7) is 2.57. The van der Waals surface area contributed by atoms with Gasteiger partial charge in [-0.25, -0.2) is 0 Å². The van der Waals surface area contributed by atoms with Gasteiger partial charge in [0, 0.05) is 30.9 Å². The summed E-state index contributed by atoms with van der Waals surface area (Å²) in [5.74, 6) is 3.36. The van der Waals surface area contributed by atoms with Crippen LogP contribution in [-0.4, -0.2) is 43.3 Å². The second-order valence-corrected chi connectivity index (χ2v) is 7.13. The van der Waals surface area contributed by atoms with E-state index in [0.717, 1.165) is 35.6 Å². The number of benzene rings is 1. The summed E-state index contributed by atoms with van der Waals surface area (Å²) in [7, 11) is 0. The molecule has 6 nitrogen and oxygen atoms in total. The van der Waals surface area contributed by atoms with E-state index in [4.69, 9.17) is 20.2 Å². The average molecular weight is 344 g/mol. The van der Waals surface area contributed by atoms with E-state index in [1.54, 1.807) is 0 Å². The van der Waals surface area contributed by atoms with Gasteiger partial charge in [-0.15, -0.1) is 0 Å². The first-order chi connectivity index (χ1) is 12.3. The van der Waals surface area contributed by atoms with Gasteiger partial charge in [0.1, 0.15) is 0 Å². The maximum atomic E-state index is 5.72. The van der Waals surface area contributed by atoms with E-state index in [0.29, 0.717) is 25.9 Å². The lowest BCUT2D eigenvalue weighted by Crippen LogP contribution is -2.52. The normalized spacial score (nSPS) is 25.6. The van der Waals surface area contributed by atoms with Gasteiger partial charge < -0.3 is 25.4 Å². The Balaban J connectivity index is 1.55. The minimum atomic E-state index is 0.294. The van der Waals surface area contributed by atoms with Crippen LogP contribution >= 0.6 is 0 Å². The van der Waals surface area contributed by atoms with E-state index in [1.807, 2.05) is 18.2 Å². The minimum Gasteiger partial charge on any atom is -0.454 e. The largest absolute Gasteiger partial charge is 0.454 e. The molecule has 3 aliphatic rings. The summed E-state index contributed by atoms with van der Waals surface area (Å²) in [5.41, 5.74) is 6.70. The number of nitrogens with two attached hydrogens (primary N) is 1. The number of hydrogen-bond acceptors (Lipinski definition) is 4. The second-order valence-electron chi connectivity index (χ2n) is 7.13. The Kier molecular flexibility index (Phi) is 4.97. The van der Waals surface area contributed by atoms with Crippen molar-refractivity contribution in [3.8, 4) is 11.5 Å². The van der Waals surface area contributed by atoms with Crippen LogP contribution in [0.2, 0.25) is 0 Å². The highest BCUT2D eigenvalue weighted by Crippen LogP contribution is 2.37. The lowest BCUT2D eigenvalue weighted by molar-refractivity contribution is 0.119. The number of piperidine rings is 1. The summed E-state index contributed by atoms with van der Waals surface area (Å²) < 4.78 is 10.9. The molecule has 0 spiro atoms. The number of nitrogens with zero attached hydrogens (tertiary/aromatic N) is 2. The number of ether oxygens (including phenoxy) is 2. The monoisotopic (exact) mass is 344 g/mol. The lowest BCUT2D eigenvalue weighted by atomic mass is 9.78. The zero-order chi connectivity index (χ0) is 17.1. The molecule has 4 rings (SSSR count). The van der Waals surface area contributed by atoms with Crippen molar-refractivity contribution in [2.75, 3.05) is 31.7 Å². The van der Waals surface area contributed by atoms with Gasteiger partial charge in [-0.2, -0.15) is 0 Å². The first-order valence-corrected chi connectivity index (χ1v) is 9.53. The summed E-state index contributed by atoms with van der Waals surface area (Å²) >= 11 is 0. The molecule has 2 aliphatic heterocycles. The molecule has 2 unspecified atom stereocenters. The second kappa shape index (κ2) is 7.52. The van der Waals surface area contributed by atoms with Gasteiger partial charge in [-0.1, -0.05) is 12.8 Å². The van der Waals surface area contributed by atoms with Crippen molar-refractivity contribution >= 4 is 11.6 Å². The Labute approximate surface area is 149 Å². The Morgan fingerprint density at radius 3 is 2.92 bits per heavy atom. The van der Waals surface area contributed by atoms with Crippen molar-refractivity contribution in [3.05, 3.63) is 18.2 Å². The van der Waals surface area contributed by atoms with E-state index >= 15 is 0 Å². The van der Waals surface area contributed by atoms with Crippen LogP contribution in [-0.2, 0) is 0 Å². The molecule has 1 aromatic rings. The molecule has 0 aromatic heterocycles. The number of fused-ring (bicyclic) bond motifs is 2. The third kappa shape index (κ3) is 3.54. The Morgan fingerprint density at radius 1 is 1.16 bits per heavy atom. The van der Waals surface area contributed by atoms with Gasteiger partial charge in [0.2, 0.25) is 6.79 Å². The fourth-order valence-electron chi connectivity index (χ4n) is 4.36. The van der Waals surface area contributed by atoms with Crippen LogP contribution in [0.1, 0.15) is 38.5 Å². The Morgan fingerprint density at radius 2 is 2.00 bits per heavy atom. The zero-order valence-electron chi connectivity index (χ0n) is 14.7. The summed E-state index contributed by atoms with van der Waals surface area (Å²) in [4.78, 5) is 7.27. The number of anilines is 1. The number of rotatable bonds is 3. The molecule has 0 amide bonds. The smallest absolute Gasteiger partial charge is 0.231 e. The molecule has 6 heteroatoms. The highest BCUT2D eigenvalue weighted by molar-refractivity contribution is 5.94. The maximum Gasteiger partial charge on any atom is 0.231 e. The average Bonchev–Trinajstić information content (AvgIpc) is 3.12. The van der Waals surface area contributed by atoms with E-state index in [9.17, 15) is 0 Å². The van der Waals surface area contributed by atoms with Crippen LogP contribution in [0.4, 0.5) is 5.69 Å². The fraction of sp³-hybridized carbons (Fsp3) is 0.632. The van der Waals surface area contributed by atoms with Crippen molar-refractivity contribution in [1.29, 1.82) is 0 Å². The number of guanidine groups is 1. The van der Waals surface area contributed by atoms with Gasteiger partial charge >= 0.3 is 0 Å². The van der Waals surface area contributed by atoms with Gasteiger partial charge in [0.05, 0.1) is 6.54 Å². The van der Waals surface area contributed by atoms with Gasteiger partial charge in [-0.3, -0.25) is 4.99 Å². The molecule has 25 heavy (non-hydrogen) atoms. The quantitative estimate of drug-likeness (QED) is 0.652. The van der Waals surface area contributed by atoms with E-state index in [2.05, 4.69) is 10.2 Å². The number of nitrogens with one attached hydrogen (secondary N) is 1. The first kappa shape index (κ1) is 16.5. The van der Waals surface area contributed by atoms with Crippen molar-refractivity contribution in [3.63, 3.8) is 0 Å². The molecule has 3 N–H and O–H groups in total. The van der Waals surface area contributed by atoms with Crippen LogP contribution in [0.3, 0.4) is 0 Å². The molecule has 2 fully saturated rings. The molecule has 1 aromatic carbocycles. The summed E-state index contributed by atoms with van der Waals surface area (Å²) in [6, 6.07) is 6.57. The predicted molar refractivity (Wildman–Crippen MR) is 99.2 cm³/mol. The minimum absolute atomic E-state index is 0.294. The van der Waals surface area contributed by atoms with Crippen LogP contribution in [0.15, 0.2) is 23.2 Å². The third-order valence-corrected chi connectivity index (χ3v) is 5.53. The van der Waals surface area contributed by atoms with Crippen molar-refractivity contribution in [1.82, 2.24) is 4.90 Å². The van der Waals surface area contributed by atoms with Crippen LogP contribution in [0.5, 0.6) is 11.5 Å². The maximum absolute atomic E-state index is 5.72. The van der Waals surface area contributed by atoms with E-state index in [1.165, 1.54) is 38.5 Å². The SMILES string of the molecule is NCCN=C(Nc1ccc2c(c1)OCO2)N1CCCC2CCCCC21. The standard InChI is InChI=1S/C19H28N4O2/c20-9-10-21-19(22-15-7-8-17-18(12-15)25-13-24-17)23-11-3-5-14-4-1-2-6-16(14)23/h7-8,12,14,16H,1-6,9-11,13,20H2,(H,21,22). The Bertz CT molecular complexity index is 632. The molecule has 1 saturated carbocycles. The van der Waals surface area contributed by atoms with Crippen LogP contribution in [0.25, 0.3) is 0 Å². The van der Waals surface area contributed by atoms with Crippen LogP contribution in [0, 0.1) is 5.92 Å². The highest BCUT2D eigenvalue weighted by atomic mass is 16.7. The molecular formula is C19H28N4O2. The predicted octanol–water partition coefficient (Wildman–Crippen LogP) is 2.80. The molecule has 0 radical (unpaired) electrons. The van der Waals surface area contributed by atoms with Crippen molar-refractivity contribution in [2.45, 2.75) is 44.6 Å². The summed E-state index contributed by atoms with van der Waals surface area (Å²) in [5, 5.41) is 3.53. The molecule has 2 heterocycles. The van der Waals surface area contributed by atoms with Gasteiger partial charge in [-0.05, 0) is 43.7 Å².